The molecule has 330 valence electrons. The van der Waals surface area contributed by atoms with E-state index in [1.807, 2.05) is 27.7 Å². The van der Waals surface area contributed by atoms with Gasteiger partial charge in [-0.05, 0) is 40.5 Å². The molecule has 11 nitrogen and oxygen atoms in total. The molecule has 0 aliphatic rings. The van der Waals surface area contributed by atoms with Crippen LogP contribution in [0, 0.1) is 10.8 Å². The maximum Gasteiger partial charge on any atom is 0.407 e. The van der Waals surface area contributed by atoms with Gasteiger partial charge in [0.1, 0.15) is 13.2 Å². The van der Waals surface area contributed by atoms with Gasteiger partial charge < -0.3 is 34.3 Å². The first kappa shape index (κ1) is 53.6. The number of esters is 2. The minimum atomic E-state index is -0.936. The summed E-state index contributed by atoms with van der Waals surface area (Å²) < 4.78 is 27.8. The molecule has 0 saturated heterocycles. The number of carbonyl (C=O) groups excluding carboxylic acids is 4. The van der Waals surface area contributed by atoms with Gasteiger partial charge in [0, 0.05) is 13.1 Å². The summed E-state index contributed by atoms with van der Waals surface area (Å²) in [6.45, 7) is 13.6. The second-order valence-corrected chi connectivity index (χ2v) is 16.8. The first-order valence-electron chi connectivity index (χ1n) is 22.6. The van der Waals surface area contributed by atoms with Crippen LogP contribution < -0.4 is 10.6 Å². The van der Waals surface area contributed by atoms with E-state index < -0.39 is 29.0 Å². The zero-order chi connectivity index (χ0) is 41.6. The van der Waals surface area contributed by atoms with Gasteiger partial charge in [0.15, 0.2) is 6.10 Å². The Bertz CT molecular complexity index is 960. The Morgan fingerprint density at radius 1 is 0.518 bits per heavy atom. The molecule has 0 bridgehead atoms. The van der Waals surface area contributed by atoms with E-state index in [2.05, 4.69) is 24.5 Å². The zero-order valence-electron chi connectivity index (χ0n) is 37.0. The molecule has 0 aromatic carbocycles. The van der Waals surface area contributed by atoms with E-state index >= 15 is 0 Å². The number of unbranched alkanes of at least 4 members (excludes halogenated alkanes) is 20. The molecule has 0 rings (SSSR count). The second kappa shape index (κ2) is 36.9. The molecule has 0 fully saturated rings. The van der Waals surface area contributed by atoms with Crippen LogP contribution in [0.2, 0.25) is 0 Å². The molecule has 2 N–H and O–H groups in total. The molecule has 11 heteroatoms. The predicted octanol–water partition coefficient (Wildman–Crippen LogP) is 10.4. The highest BCUT2D eigenvalue weighted by Crippen LogP contribution is 2.28. The van der Waals surface area contributed by atoms with Gasteiger partial charge in [0.05, 0.1) is 37.3 Å². The van der Waals surface area contributed by atoms with Gasteiger partial charge in [-0.2, -0.15) is 0 Å². The van der Waals surface area contributed by atoms with Crippen molar-refractivity contribution < 1.29 is 42.9 Å². The van der Waals surface area contributed by atoms with Gasteiger partial charge in [0.25, 0.3) is 0 Å². The highest BCUT2D eigenvalue weighted by molar-refractivity contribution is 5.77. The Kier molecular flexibility index (Phi) is 35.3. The maximum atomic E-state index is 13.4. The third-order valence-electron chi connectivity index (χ3n) is 10.4. The van der Waals surface area contributed by atoms with Crippen molar-refractivity contribution in [3.05, 3.63) is 0 Å². The lowest BCUT2D eigenvalue weighted by Gasteiger charge is -2.28. The number of hydrogen-bond donors (Lipinski definition) is 2. The molecule has 0 spiro atoms. The number of hydrogen-bond acceptors (Lipinski definition) is 9. The highest BCUT2D eigenvalue weighted by atomic mass is 16.6. The van der Waals surface area contributed by atoms with Crippen molar-refractivity contribution in [3.8, 4) is 0 Å². The molecule has 0 aromatic heterocycles. The monoisotopic (exact) mass is 799 g/mol. The Balaban J connectivity index is 4.82. The molecule has 0 heterocycles. The number of amides is 2. The van der Waals surface area contributed by atoms with E-state index in [0.717, 1.165) is 32.1 Å². The molecule has 56 heavy (non-hydrogen) atoms. The number of ether oxygens (including phenoxy) is 5. The second-order valence-electron chi connectivity index (χ2n) is 16.8. The largest absolute Gasteiger partial charge is 0.461 e. The fraction of sp³-hybridized carbons (Fsp3) is 0.911. The van der Waals surface area contributed by atoms with Crippen LogP contribution in [-0.2, 0) is 38.1 Å². The summed E-state index contributed by atoms with van der Waals surface area (Å²) in [7, 11) is 0. The first-order chi connectivity index (χ1) is 27.0. The Labute approximate surface area is 342 Å². The van der Waals surface area contributed by atoms with Gasteiger partial charge >= 0.3 is 18.0 Å². The van der Waals surface area contributed by atoms with E-state index in [0.29, 0.717) is 45.6 Å². The van der Waals surface area contributed by atoms with Crippen LogP contribution in [0.25, 0.3) is 0 Å². The minimum Gasteiger partial charge on any atom is -0.461 e. The van der Waals surface area contributed by atoms with Crippen LogP contribution in [0.5, 0.6) is 0 Å². The van der Waals surface area contributed by atoms with Crippen LogP contribution in [0.3, 0.4) is 0 Å². The fourth-order valence-electron chi connectivity index (χ4n) is 6.41. The van der Waals surface area contributed by atoms with Gasteiger partial charge in [-0.25, -0.2) is 4.79 Å². The van der Waals surface area contributed by atoms with Crippen molar-refractivity contribution in [2.24, 2.45) is 10.8 Å². The molecule has 0 aromatic rings. The van der Waals surface area contributed by atoms with Crippen molar-refractivity contribution >= 4 is 24.4 Å². The Morgan fingerprint density at radius 3 is 1.36 bits per heavy atom. The average Bonchev–Trinajstić information content (AvgIpc) is 3.17. The van der Waals surface area contributed by atoms with Crippen LogP contribution in [0.1, 0.15) is 196 Å². The van der Waals surface area contributed by atoms with E-state index in [-0.39, 0.29) is 32.3 Å². The van der Waals surface area contributed by atoms with Crippen LogP contribution >= 0.6 is 0 Å². The zero-order valence-corrected chi connectivity index (χ0v) is 37.0. The lowest BCUT2D eigenvalue weighted by atomic mass is 9.86. The molecule has 0 radical (unpaired) electrons. The molecule has 2 amide bonds. The average molecular weight is 799 g/mol. The number of rotatable bonds is 41. The normalized spacial score (nSPS) is 12.2. The predicted molar refractivity (Wildman–Crippen MR) is 226 cm³/mol. The van der Waals surface area contributed by atoms with Crippen molar-refractivity contribution in [3.63, 3.8) is 0 Å². The van der Waals surface area contributed by atoms with Crippen molar-refractivity contribution in [2.75, 3.05) is 52.7 Å². The molecular weight excluding hydrogens is 712 g/mol. The standard InChI is InChI=1S/C45H86N2O9/c1-7-9-11-13-15-17-19-21-23-25-27-29-44(3,4)41(49)54-37-40(38-55-43(51)47-32-34-53-36-35-52-33-31-46-39-48)56-42(50)45(5,6)30-28-26-24-22-20-18-16-14-12-10-8-2/h39-40H,7-38H2,1-6H3,(H,46,48)(H,47,51). The molecule has 1 unspecified atom stereocenters. The lowest BCUT2D eigenvalue weighted by molar-refractivity contribution is -0.172. The summed E-state index contributed by atoms with van der Waals surface area (Å²) in [6, 6.07) is 0. The molecule has 0 aliphatic heterocycles. The highest BCUT2D eigenvalue weighted by Gasteiger charge is 2.34. The molecular formula is C45H86N2O9. The Hall–Kier alpha value is -2.40. The van der Waals surface area contributed by atoms with Crippen LogP contribution in [0.15, 0.2) is 0 Å². The third-order valence-corrected chi connectivity index (χ3v) is 10.4. The summed E-state index contributed by atoms with van der Waals surface area (Å²) in [5.41, 5.74) is -1.41. The number of alkyl carbamates (subject to hydrolysis) is 1. The molecule has 0 aliphatic carbocycles. The van der Waals surface area contributed by atoms with Gasteiger partial charge in [-0.15, -0.1) is 0 Å². The summed E-state index contributed by atoms with van der Waals surface area (Å²) >= 11 is 0. The van der Waals surface area contributed by atoms with Crippen LogP contribution in [-0.4, -0.2) is 83.3 Å². The van der Waals surface area contributed by atoms with E-state index in [1.165, 1.54) is 109 Å². The fourth-order valence-corrected chi connectivity index (χ4v) is 6.41. The number of carbonyl (C=O) groups is 4. The smallest absolute Gasteiger partial charge is 0.407 e. The minimum absolute atomic E-state index is 0.195. The summed E-state index contributed by atoms with van der Waals surface area (Å²) in [4.78, 5) is 49.4. The molecule has 0 saturated carbocycles. The quantitative estimate of drug-likeness (QED) is 0.0268. The summed E-state index contributed by atoms with van der Waals surface area (Å²) in [5, 5.41) is 5.14. The molecule has 1 atom stereocenters. The summed E-state index contributed by atoms with van der Waals surface area (Å²) in [6.07, 6.45) is 27.7. The van der Waals surface area contributed by atoms with Crippen molar-refractivity contribution in [1.82, 2.24) is 10.6 Å². The topological polar surface area (TPSA) is 138 Å². The van der Waals surface area contributed by atoms with Crippen LogP contribution in [0.4, 0.5) is 4.79 Å². The van der Waals surface area contributed by atoms with Gasteiger partial charge in [-0.3, -0.25) is 14.4 Å². The number of nitrogens with one attached hydrogen (secondary N) is 2. The third kappa shape index (κ3) is 32.7. The SMILES string of the molecule is CCCCCCCCCCCCCC(C)(C)C(=O)OCC(COC(=O)NCCOCCOCCNC=O)OC(=O)C(C)(C)CCCCCCCCCCCCC. The van der Waals surface area contributed by atoms with Crippen molar-refractivity contribution in [1.29, 1.82) is 0 Å². The van der Waals surface area contributed by atoms with Crippen molar-refractivity contribution in [2.45, 2.75) is 202 Å². The Morgan fingerprint density at radius 2 is 0.911 bits per heavy atom. The lowest BCUT2D eigenvalue weighted by Crippen LogP contribution is -2.39. The van der Waals surface area contributed by atoms with E-state index in [4.69, 9.17) is 23.7 Å². The van der Waals surface area contributed by atoms with Gasteiger partial charge in [0.2, 0.25) is 6.41 Å². The first-order valence-corrected chi connectivity index (χ1v) is 22.6. The van der Waals surface area contributed by atoms with E-state index in [9.17, 15) is 19.2 Å². The van der Waals surface area contributed by atoms with Gasteiger partial charge in [-0.1, -0.05) is 155 Å². The van der Waals surface area contributed by atoms with E-state index in [1.54, 1.807) is 0 Å². The summed E-state index contributed by atoms with van der Waals surface area (Å²) in [5.74, 6) is -0.746. The maximum absolute atomic E-state index is 13.4.